The van der Waals surface area contributed by atoms with E-state index in [1.165, 1.54) is 32.0 Å². The summed E-state index contributed by atoms with van der Waals surface area (Å²) in [6.07, 6.45) is 8.90. The molecule has 0 fully saturated rings. The van der Waals surface area contributed by atoms with Crippen LogP contribution >= 0.6 is 11.3 Å². The second kappa shape index (κ2) is 16.5. The van der Waals surface area contributed by atoms with E-state index in [0.29, 0.717) is 0 Å². The first-order valence-corrected chi connectivity index (χ1v) is 23.3. The third-order valence-electron chi connectivity index (χ3n) is 8.44. The summed E-state index contributed by atoms with van der Waals surface area (Å²) in [5.74, 6) is 0. The van der Waals surface area contributed by atoms with Crippen LogP contribution in [0.4, 0.5) is 0 Å². The largest absolute Gasteiger partial charge is 0.413 e. The fraction of sp³-hybridized carbons (Fsp3) is 0.676. The van der Waals surface area contributed by atoms with E-state index in [1.54, 1.807) is 0 Å². The van der Waals surface area contributed by atoms with Crippen molar-refractivity contribution in [3.8, 4) is 0 Å². The van der Waals surface area contributed by atoms with Gasteiger partial charge in [-0.1, -0.05) is 86.6 Å². The summed E-state index contributed by atoms with van der Waals surface area (Å²) >= 11 is 1.93. The number of aryl methyl sites for hydroxylation is 2. The van der Waals surface area contributed by atoms with Gasteiger partial charge in [-0.15, -0.1) is 11.3 Å². The molecule has 0 aliphatic heterocycles. The van der Waals surface area contributed by atoms with E-state index < -0.39 is 23.7 Å². The van der Waals surface area contributed by atoms with Crippen molar-refractivity contribution in [3.63, 3.8) is 0 Å². The van der Waals surface area contributed by atoms with Gasteiger partial charge in [-0.2, -0.15) is 0 Å². The average Bonchev–Trinajstić information content (AvgIpc) is 3.39. The van der Waals surface area contributed by atoms with Crippen molar-refractivity contribution in [1.82, 2.24) is 0 Å². The Morgan fingerprint density at radius 1 is 0.814 bits per heavy atom. The molecule has 2 atom stereocenters. The maximum Gasteiger partial charge on any atom is 0.171 e. The molecule has 0 aliphatic carbocycles. The Labute approximate surface area is 273 Å². The van der Waals surface area contributed by atoms with Gasteiger partial charge in [0.15, 0.2) is 18.1 Å². The van der Waals surface area contributed by atoms with Crippen LogP contribution in [0.2, 0.25) is 26.2 Å². The lowest BCUT2D eigenvalue weighted by atomic mass is 9.77. The number of hydrogen-bond acceptors (Lipinski definition) is 4. The predicted octanol–water partition coefficient (Wildman–Crippen LogP) is 10.8. The molecule has 1 aromatic heterocycles. The van der Waals surface area contributed by atoms with Crippen LogP contribution in [-0.2, 0) is 21.7 Å². The zero-order chi connectivity index (χ0) is 32.6. The normalized spacial score (nSPS) is 15.0. The lowest BCUT2D eigenvalue weighted by Gasteiger charge is -2.39. The smallest absolute Gasteiger partial charge is 0.171 e. The summed E-state index contributed by atoms with van der Waals surface area (Å²) < 4.78 is 13.6. The first kappa shape index (κ1) is 38.2. The van der Waals surface area contributed by atoms with Gasteiger partial charge in [-0.05, 0) is 116 Å². The second-order valence-corrected chi connectivity index (χ2v) is 21.1. The van der Waals surface area contributed by atoms with Crippen molar-refractivity contribution in [2.75, 3.05) is 0 Å². The molecular weight excluding hydrogens is 581 g/mol. The van der Waals surface area contributed by atoms with Crippen LogP contribution in [0.15, 0.2) is 36.4 Å². The maximum atomic E-state index is 10.7. The number of allylic oxidation sites excluding steroid dienone is 2. The van der Waals surface area contributed by atoms with E-state index in [4.69, 9.17) is 8.85 Å². The van der Waals surface area contributed by atoms with Crippen molar-refractivity contribution >= 4 is 35.0 Å². The molecule has 1 N–H and O–H groups in total. The van der Waals surface area contributed by atoms with Crippen LogP contribution in [0.25, 0.3) is 5.57 Å². The third kappa shape index (κ3) is 11.7. The van der Waals surface area contributed by atoms with Gasteiger partial charge in [0, 0.05) is 9.75 Å². The Morgan fingerprint density at radius 3 is 1.86 bits per heavy atom. The number of rotatable bonds is 16. The fourth-order valence-corrected chi connectivity index (χ4v) is 9.08. The average molecular weight is 645 g/mol. The van der Waals surface area contributed by atoms with Crippen molar-refractivity contribution in [2.24, 2.45) is 10.8 Å². The van der Waals surface area contributed by atoms with E-state index in [-0.39, 0.29) is 23.0 Å². The molecule has 0 radical (unpaired) electrons. The fourth-order valence-electron chi connectivity index (χ4n) is 5.77. The molecule has 6 heteroatoms. The molecule has 244 valence electrons. The highest BCUT2D eigenvalue weighted by Crippen LogP contribution is 2.45. The molecule has 2 rings (SSSR count). The lowest BCUT2D eigenvalue weighted by molar-refractivity contribution is 0.0246. The Morgan fingerprint density at radius 2 is 1.37 bits per heavy atom. The van der Waals surface area contributed by atoms with E-state index in [1.807, 2.05) is 11.3 Å². The van der Waals surface area contributed by atoms with Crippen LogP contribution in [0.5, 0.6) is 0 Å². The number of benzene rings is 1. The van der Waals surface area contributed by atoms with Gasteiger partial charge >= 0.3 is 0 Å². The van der Waals surface area contributed by atoms with Gasteiger partial charge in [0.05, 0.1) is 17.8 Å². The van der Waals surface area contributed by atoms with Crippen LogP contribution in [0.1, 0.15) is 133 Å². The molecule has 0 spiro atoms. The minimum Gasteiger partial charge on any atom is -0.413 e. The van der Waals surface area contributed by atoms with Gasteiger partial charge in [0.2, 0.25) is 0 Å². The van der Waals surface area contributed by atoms with Crippen LogP contribution in [-0.4, -0.2) is 28.8 Å². The Kier molecular flexibility index (Phi) is 14.7. The van der Waals surface area contributed by atoms with Crippen molar-refractivity contribution < 1.29 is 14.0 Å². The summed E-state index contributed by atoms with van der Waals surface area (Å²) in [7, 11) is -2.55. The molecule has 1 heterocycles. The van der Waals surface area contributed by atoms with Crippen molar-refractivity contribution in [2.45, 2.75) is 151 Å². The van der Waals surface area contributed by atoms with Crippen LogP contribution in [0, 0.1) is 10.8 Å². The second-order valence-electron chi connectivity index (χ2n) is 15.1. The zero-order valence-corrected chi connectivity index (χ0v) is 33.0. The summed E-state index contributed by atoms with van der Waals surface area (Å²) in [6, 6.07) is 11.8. The molecule has 0 saturated heterocycles. The van der Waals surface area contributed by atoms with Crippen molar-refractivity contribution in [3.05, 3.63) is 62.9 Å². The molecule has 0 bridgehead atoms. The van der Waals surface area contributed by atoms with Gasteiger partial charge in [-0.25, -0.2) is 0 Å². The van der Waals surface area contributed by atoms with E-state index in [2.05, 4.69) is 125 Å². The van der Waals surface area contributed by atoms with E-state index in [0.717, 1.165) is 44.9 Å². The first-order chi connectivity index (χ1) is 19.9. The number of thiophene rings is 1. The number of aliphatic hydroxyl groups is 1. The van der Waals surface area contributed by atoms with Gasteiger partial charge in [0.1, 0.15) is 0 Å². The summed E-state index contributed by atoms with van der Waals surface area (Å²) in [5.41, 5.74) is 4.85. The number of hydrogen-bond donors (Lipinski definition) is 1. The minimum atomic E-state index is -1.28. The SMILES string of the molecule is CCC(=CCCC(O)(CC)CC)c1ccc(CCc2ccc(C(O[SiH](C)C)C(C)(C)C)c(C(O[SiH](C)C)C(C)(C)C)c2)s1. The van der Waals surface area contributed by atoms with Gasteiger partial charge in [0.25, 0.3) is 0 Å². The zero-order valence-electron chi connectivity index (χ0n) is 29.9. The Hall–Kier alpha value is -1.03. The van der Waals surface area contributed by atoms with E-state index >= 15 is 0 Å². The minimum absolute atomic E-state index is 0.00511. The molecular formula is C37H64O3SSi2. The predicted molar refractivity (Wildman–Crippen MR) is 196 cm³/mol. The van der Waals surface area contributed by atoms with Gasteiger partial charge < -0.3 is 14.0 Å². The molecule has 2 aromatic rings. The summed E-state index contributed by atoms with van der Waals surface area (Å²) in [5, 5.41) is 10.7. The highest BCUT2D eigenvalue weighted by atomic mass is 32.1. The first-order valence-electron chi connectivity index (χ1n) is 16.9. The Balaban J connectivity index is 2.38. The molecule has 0 amide bonds. The standard InChI is InChI=1S/C37H64O3SSi2/c1-14-28(18-17-25-37(38,15-2)16-3)32-24-22-29(41-32)21-19-27-20-23-30(33(35(4,5)6)39-42(10)11)31(26-27)34(36(7,8)9)40-43(12)13/h18,20,22-24,26,33-34,38,42-43H,14-17,19,21,25H2,1-13H3. The molecule has 3 nitrogen and oxygen atoms in total. The molecule has 43 heavy (non-hydrogen) atoms. The lowest BCUT2D eigenvalue weighted by Crippen LogP contribution is -2.31. The molecule has 2 unspecified atom stereocenters. The highest BCUT2D eigenvalue weighted by Gasteiger charge is 2.36. The highest BCUT2D eigenvalue weighted by molar-refractivity contribution is 7.13. The molecule has 0 aliphatic rings. The quantitative estimate of drug-likeness (QED) is 0.185. The summed E-state index contributed by atoms with van der Waals surface area (Å²) in [4.78, 5) is 2.80. The molecule has 1 aromatic carbocycles. The molecule has 0 saturated carbocycles. The van der Waals surface area contributed by atoms with Crippen LogP contribution < -0.4 is 0 Å². The third-order valence-corrected chi connectivity index (χ3v) is 11.3. The van der Waals surface area contributed by atoms with Crippen molar-refractivity contribution in [1.29, 1.82) is 0 Å². The topological polar surface area (TPSA) is 38.7 Å². The van der Waals surface area contributed by atoms with Crippen LogP contribution in [0.3, 0.4) is 0 Å². The monoisotopic (exact) mass is 644 g/mol. The van der Waals surface area contributed by atoms with E-state index in [9.17, 15) is 5.11 Å². The Bertz CT molecular complexity index is 1150. The van der Waals surface area contributed by atoms with Gasteiger partial charge in [-0.3, -0.25) is 0 Å². The maximum absolute atomic E-state index is 10.7. The summed E-state index contributed by atoms with van der Waals surface area (Å²) in [6.45, 7) is 29.4.